The van der Waals surface area contributed by atoms with Crippen molar-refractivity contribution in [1.29, 1.82) is 0 Å². The SMILES string of the molecule is CN1CCN(C(=O)Cc2ccc(Cl)c(Cl)c2)C(CN)C1. The van der Waals surface area contributed by atoms with Crippen LogP contribution >= 0.6 is 23.2 Å². The molecule has 0 saturated carbocycles. The fourth-order valence-corrected chi connectivity index (χ4v) is 2.79. The number of benzene rings is 1. The van der Waals surface area contributed by atoms with Crippen molar-refractivity contribution in [3.63, 3.8) is 0 Å². The number of rotatable bonds is 3. The normalized spacial score (nSPS) is 20.2. The minimum Gasteiger partial charge on any atom is -0.336 e. The Bertz CT molecular complexity index is 495. The highest BCUT2D eigenvalue weighted by Gasteiger charge is 2.27. The van der Waals surface area contributed by atoms with E-state index in [-0.39, 0.29) is 11.9 Å². The fraction of sp³-hybridized carbons (Fsp3) is 0.500. The predicted molar refractivity (Wildman–Crippen MR) is 82.2 cm³/mol. The summed E-state index contributed by atoms with van der Waals surface area (Å²) >= 11 is 11.9. The van der Waals surface area contributed by atoms with Gasteiger partial charge in [-0.3, -0.25) is 4.79 Å². The summed E-state index contributed by atoms with van der Waals surface area (Å²) in [6.07, 6.45) is 0.330. The van der Waals surface area contributed by atoms with E-state index >= 15 is 0 Å². The van der Waals surface area contributed by atoms with Gasteiger partial charge < -0.3 is 15.5 Å². The quantitative estimate of drug-likeness (QED) is 0.922. The molecule has 1 heterocycles. The van der Waals surface area contributed by atoms with E-state index in [2.05, 4.69) is 4.90 Å². The lowest BCUT2D eigenvalue weighted by atomic mass is 10.1. The molecule has 0 spiro atoms. The Balaban J connectivity index is 2.05. The summed E-state index contributed by atoms with van der Waals surface area (Å²) in [5, 5.41) is 0.980. The summed E-state index contributed by atoms with van der Waals surface area (Å²) < 4.78 is 0. The van der Waals surface area contributed by atoms with Crippen LogP contribution in [0.15, 0.2) is 18.2 Å². The van der Waals surface area contributed by atoms with Gasteiger partial charge in [-0.2, -0.15) is 0 Å². The van der Waals surface area contributed by atoms with Crippen LogP contribution in [0.1, 0.15) is 5.56 Å². The van der Waals surface area contributed by atoms with Gasteiger partial charge in [-0.05, 0) is 24.7 Å². The molecular formula is C14H19Cl2N3O. The maximum Gasteiger partial charge on any atom is 0.227 e. The van der Waals surface area contributed by atoms with Crippen molar-refractivity contribution < 1.29 is 4.79 Å². The molecule has 110 valence electrons. The van der Waals surface area contributed by atoms with Crippen LogP contribution in [0.2, 0.25) is 10.0 Å². The zero-order valence-electron chi connectivity index (χ0n) is 11.5. The Morgan fingerprint density at radius 3 is 2.75 bits per heavy atom. The van der Waals surface area contributed by atoms with E-state index in [9.17, 15) is 4.79 Å². The third kappa shape index (κ3) is 3.64. The Labute approximate surface area is 129 Å². The largest absolute Gasteiger partial charge is 0.336 e. The summed E-state index contributed by atoms with van der Waals surface area (Å²) in [6, 6.07) is 5.38. The average Bonchev–Trinajstić information content (AvgIpc) is 2.42. The topological polar surface area (TPSA) is 49.6 Å². The zero-order chi connectivity index (χ0) is 14.7. The van der Waals surface area contributed by atoms with E-state index in [0.717, 1.165) is 25.2 Å². The number of halogens is 2. The van der Waals surface area contributed by atoms with Crippen molar-refractivity contribution in [2.75, 3.05) is 33.2 Å². The fourth-order valence-electron chi connectivity index (χ4n) is 2.47. The van der Waals surface area contributed by atoms with Crippen molar-refractivity contribution in [1.82, 2.24) is 9.80 Å². The Morgan fingerprint density at radius 1 is 1.35 bits per heavy atom. The first kappa shape index (κ1) is 15.6. The summed E-state index contributed by atoms with van der Waals surface area (Å²) in [7, 11) is 2.05. The first-order valence-electron chi connectivity index (χ1n) is 6.63. The number of carbonyl (C=O) groups excluding carboxylic acids is 1. The molecule has 20 heavy (non-hydrogen) atoms. The van der Waals surface area contributed by atoms with Gasteiger partial charge >= 0.3 is 0 Å². The Kier molecular flexibility index (Phi) is 5.27. The first-order chi connectivity index (χ1) is 9.51. The van der Waals surface area contributed by atoms with Crippen LogP contribution in [0.5, 0.6) is 0 Å². The molecule has 1 aromatic carbocycles. The van der Waals surface area contributed by atoms with Crippen molar-refractivity contribution in [3.8, 4) is 0 Å². The first-order valence-corrected chi connectivity index (χ1v) is 7.39. The number of nitrogens with two attached hydrogens (primary N) is 1. The van der Waals surface area contributed by atoms with Crippen LogP contribution in [0.25, 0.3) is 0 Å². The smallest absolute Gasteiger partial charge is 0.227 e. The maximum absolute atomic E-state index is 12.4. The van der Waals surface area contributed by atoms with Gasteiger partial charge in [0.25, 0.3) is 0 Å². The van der Waals surface area contributed by atoms with Gasteiger partial charge in [0.15, 0.2) is 0 Å². The highest BCUT2D eigenvalue weighted by molar-refractivity contribution is 6.42. The maximum atomic E-state index is 12.4. The van der Waals surface area contributed by atoms with Crippen LogP contribution in [-0.2, 0) is 11.2 Å². The van der Waals surface area contributed by atoms with Gasteiger partial charge in [-0.1, -0.05) is 29.3 Å². The molecule has 1 saturated heterocycles. The molecular weight excluding hydrogens is 297 g/mol. The second-order valence-electron chi connectivity index (χ2n) is 5.16. The van der Waals surface area contributed by atoms with Crippen molar-refractivity contribution in [2.45, 2.75) is 12.5 Å². The number of piperazine rings is 1. The van der Waals surface area contributed by atoms with Crippen LogP contribution in [-0.4, -0.2) is 55.0 Å². The monoisotopic (exact) mass is 315 g/mol. The van der Waals surface area contributed by atoms with E-state index in [0.29, 0.717) is 23.0 Å². The second-order valence-corrected chi connectivity index (χ2v) is 5.98. The van der Waals surface area contributed by atoms with Gasteiger partial charge in [0, 0.05) is 26.2 Å². The van der Waals surface area contributed by atoms with E-state index in [1.54, 1.807) is 12.1 Å². The summed E-state index contributed by atoms with van der Waals surface area (Å²) in [5.74, 6) is 0.0898. The molecule has 4 nitrogen and oxygen atoms in total. The number of nitrogens with zero attached hydrogens (tertiary/aromatic N) is 2. The molecule has 0 aliphatic carbocycles. The lowest BCUT2D eigenvalue weighted by molar-refractivity contribution is -0.134. The molecule has 6 heteroatoms. The highest BCUT2D eigenvalue weighted by atomic mass is 35.5. The lowest BCUT2D eigenvalue weighted by Crippen LogP contribution is -2.57. The third-order valence-corrected chi connectivity index (χ3v) is 4.36. The molecule has 2 N–H and O–H groups in total. The minimum atomic E-state index is 0.0871. The molecule has 1 aliphatic rings. The van der Waals surface area contributed by atoms with Crippen LogP contribution < -0.4 is 5.73 Å². The predicted octanol–water partition coefficient (Wildman–Crippen LogP) is 1.64. The summed E-state index contributed by atoms with van der Waals surface area (Å²) in [6.45, 7) is 2.91. The van der Waals surface area contributed by atoms with E-state index in [1.807, 2.05) is 18.0 Å². The number of likely N-dealkylation sites (N-methyl/N-ethyl adjacent to an activating group) is 1. The van der Waals surface area contributed by atoms with E-state index in [1.165, 1.54) is 0 Å². The Morgan fingerprint density at radius 2 is 2.10 bits per heavy atom. The van der Waals surface area contributed by atoms with Gasteiger partial charge in [0.2, 0.25) is 5.91 Å². The average molecular weight is 316 g/mol. The lowest BCUT2D eigenvalue weighted by Gasteiger charge is -2.39. The van der Waals surface area contributed by atoms with E-state index < -0.39 is 0 Å². The van der Waals surface area contributed by atoms with Crippen molar-refractivity contribution in [3.05, 3.63) is 33.8 Å². The zero-order valence-corrected chi connectivity index (χ0v) is 13.0. The molecule has 1 unspecified atom stereocenters. The molecule has 1 aromatic rings. The second kappa shape index (κ2) is 6.76. The van der Waals surface area contributed by atoms with Crippen LogP contribution in [0.3, 0.4) is 0 Å². The van der Waals surface area contributed by atoms with E-state index in [4.69, 9.17) is 28.9 Å². The standard InChI is InChI=1S/C14H19Cl2N3O/c1-18-4-5-19(11(8-17)9-18)14(20)7-10-2-3-12(15)13(16)6-10/h2-3,6,11H,4-5,7-9,17H2,1H3. The molecule has 0 aromatic heterocycles. The molecule has 0 bridgehead atoms. The molecule has 1 aliphatic heterocycles. The van der Waals surface area contributed by atoms with Crippen LogP contribution in [0, 0.1) is 0 Å². The number of hydrogen-bond acceptors (Lipinski definition) is 3. The molecule has 2 rings (SSSR count). The van der Waals surface area contributed by atoms with Crippen molar-refractivity contribution >= 4 is 29.1 Å². The third-order valence-electron chi connectivity index (χ3n) is 3.62. The van der Waals surface area contributed by atoms with Crippen molar-refractivity contribution in [2.24, 2.45) is 5.73 Å². The molecule has 0 radical (unpaired) electrons. The highest BCUT2D eigenvalue weighted by Crippen LogP contribution is 2.23. The summed E-state index contributed by atoms with van der Waals surface area (Å²) in [4.78, 5) is 16.5. The molecule has 1 fully saturated rings. The van der Waals surface area contributed by atoms with Gasteiger partial charge in [-0.15, -0.1) is 0 Å². The number of hydrogen-bond donors (Lipinski definition) is 1. The minimum absolute atomic E-state index is 0.0871. The number of carbonyl (C=O) groups is 1. The van der Waals surface area contributed by atoms with Gasteiger partial charge in [0.05, 0.1) is 22.5 Å². The van der Waals surface area contributed by atoms with Gasteiger partial charge in [-0.25, -0.2) is 0 Å². The van der Waals surface area contributed by atoms with Gasteiger partial charge in [0.1, 0.15) is 0 Å². The molecule has 1 atom stereocenters. The Hall–Kier alpha value is -0.810. The molecule has 1 amide bonds. The van der Waals surface area contributed by atoms with Crippen LogP contribution in [0.4, 0.5) is 0 Å². The number of amides is 1. The summed E-state index contributed by atoms with van der Waals surface area (Å²) in [5.41, 5.74) is 6.65.